The van der Waals surface area contributed by atoms with E-state index in [1.165, 1.54) is 4.88 Å². The second-order valence-electron chi connectivity index (χ2n) is 4.39. The van der Waals surface area contributed by atoms with Crippen LogP contribution in [0, 0.1) is 0 Å². The molecule has 7 heteroatoms. The van der Waals surface area contributed by atoms with Crippen LogP contribution in [0.3, 0.4) is 0 Å². The van der Waals surface area contributed by atoms with Gasteiger partial charge < -0.3 is 32.9 Å². The number of nitrogens with two attached hydrogens (primary N) is 1. The number of primary amides is 1. The van der Waals surface area contributed by atoms with Crippen molar-refractivity contribution in [1.82, 2.24) is 5.32 Å². The zero-order valence-corrected chi connectivity index (χ0v) is 13.7. The van der Waals surface area contributed by atoms with Crippen molar-refractivity contribution in [2.24, 2.45) is 5.73 Å². The molecular weight excluding hydrogens is 324 g/mol. The van der Waals surface area contributed by atoms with Crippen LogP contribution < -0.4 is 32.9 Å². The molecule has 1 aromatic heterocycles. The minimum absolute atomic E-state index is 0. The smallest absolute Gasteiger partial charge is 0.255 e. The lowest BCUT2D eigenvalue weighted by atomic mass is 10.2. The van der Waals surface area contributed by atoms with Gasteiger partial charge in [0.1, 0.15) is 0 Å². The molecule has 0 unspecified atom stereocenters. The number of benzene rings is 1. The number of hydrogen-bond donors (Lipinski definition) is 2. The van der Waals surface area contributed by atoms with Gasteiger partial charge in [-0.25, -0.2) is 0 Å². The first kappa shape index (κ1) is 18.3. The summed E-state index contributed by atoms with van der Waals surface area (Å²) in [6.07, 6.45) is 0. The van der Waals surface area contributed by atoms with Gasteiger partial charge in [0.2, 0.25) is 0 Å². The molecule has 1 aromatic carbocycles. The van der Waals surface area contributed by atoms with E-state index in [0.29, 0.717) is 18.0 Å². The number of rotatable bonds is 8. The highest BCUT2D eigenvalue weighted by Crippen LogP contribution is 2.31. The number of nitrogens with one attached hydrogen (secondary N) is 1. The molecular formula is C15H18ClN2O3S-. The zero-order chi connectivity index (χ0) is 15.1. The fraction of sp³-hybridized carbons (Fsp3) is 0.267. The Morgan fingerprint density at radius 3 is 2.73 bits per heavy atom. The largest absolute Gasteiger partial charge is 1.00 e. The average Bonchev–Trinajstić information content (AvgIpc) is 2.98. The van der Waals surface area contributed by atoms with Gasteiger partial charge in [0.15, 0.2) is 18.1 Å². The first-order valence-electron chi connectivity index (χ1n) is 6.50. The highest BCUT2D eigenvalue weighted by atomic mass is 35.5. The summed E-state index contributed by atoms with van der Waals surface area (Å²) in [6, 6.07) is 9.71. The zero-order valence-electron chi connectivity index (χ0n) is 12.2. The molecule has 1 heterocycles. The Morgan fingerprint density at radius 1 is 1.27 bits per heavy atom. The Labute approximate surface area is 139 Å². The summed E-state index contributed by atoms with van der Waals surface area (Å²) in [5, 5.41) is 5.39. The van der Waals surface area contributed by atoms with Crippen LogP contribution in [0.5, 0.6) is 11.5 Å². The summed E-state index contributed by atoms with van der Waals surface area (Å²) in [5.74, 6) is 0.627. The average molecular weight is 342 g/mol. The summed E-state index contributed by atoms with van der Waals surface area (Å²) in [6.45, 7) is 1.23. The summed E-state index contributed by atoms with van der Waals surface area (Å²) in [4.78, 5) is 12.2. The Kier molecular flexibility index (Phi) is 7.73. The van der Waals surface area contributed by atoms with Crippen LogP contribution in [0.15, 0.2) is 35.7 Å². The number of ether oxygens (including phenoxy) is 2. The molecule has 0 fully saturated rings. The molecule has 5 nitrogen and oxygen atoms in total. The Hall–Kier alpha value is -1.76. The van der Waals surface area contributed by atoms with Crippen molar-refractivity contribution in [1.29, 1.82) is 0 Å². The third kappa shape index (κ3) is 5.22. The van der Waals surface area contributed by atoms with Crippen molar-refractivity contribution in [3.05, 3.63) is 46.2 Å². The van der Waals surface area contributed by atoms with E-state index < -0.39 is 5.91 Å². The summed E-state index contributed by atoms with van der Waals surface area (Å²) in [7, 11) is 1.56. The molecule has 22 heavy (non-hydrogen) atoms. The fourth-order valence-electron chi connectivity index (χ4n) is 1.90. The minimum atomic E-state index is -0.515. The van der Waals surface area contributed by atoms with E-state index >= 15 is 0 Å². The van der Waals surface area contributed by atoms with E-state index in [0.717, 1.165) is 12.1 Å². The van der Waals surface area contributed by atoms with Gasteiger partial charge in [0, 0.05) is 23.5 Å². The third-order valence-corrected chi connectivity index (χ3v) is 3.71. The number of para-hydroxylation sites is 1. The molecule has 0 bridgehead atoms. The molecule has 0 saturated carbocycles. The lowest BCUT2D eigenvalue weighted by molar-refractivity contribution is -0.119. The Morgan fingerprint density at radius 2 is 2.09 bits per heavy atom. The summed E-state index contributed by atoms with van der Waals surface area (Å²) < 4.78 is 10.7. The Bertz CT molecular complexity index is 590. The molecule has 0 aliphatic rings. The van der Waals surface area contributed by atoms with Gasteiger partial charge in [-0.3, -0.25) is 4.79 Å². The summed E-state index contributed by atoms with van der Waals surface area (Å²) in [5.41, 5.74) is 6.05. The highest BCUT2D eigenvalue weighted by Gasteiger charge is 2.11. The van der Waals surface area contributed by atoms with E-state index in [1.807, 2.05) is 23.6 Å². The topological polar surface area (TPSA) is 73.6 Å². The van der Waals surface area contributed by atoms with E-state index in [-0.39, 0.29) is 19.0 Å². The Balaban J connectivity index is 0.00000242. The standard InChI is InChI=1S/C15H18N2O3S.ClH/c1-19-13-6-2-4-11(15(13)20-10-14(16)18)8-17-9-12-5-3-7-21-12;/h2-7,17H,8-10H2,1H3,(H2,16,18);1H/p-1. The van der Waals surface area contributed by atoms with Crippen molar-refractivity contribution in [2.75, 3.05) is 13.7 Å². The maximum atomic E-state index is 10.9. The lowest BCUT2D eigenvalue weighted by Crippen LogP contribution is -3.00. The second-order valence-corrected chi connectivity index (χ2v) is 5.42. The van der Waals surface area contributed by atoms with Crippen molar-refractivity contribution >= 4 is 17.2 Å². The predicted octanol–water partition coefficient (Wildman–Crippen LogP) is -1.09. The van der Waals surface area contributed by atoms with Gasteiger partial charge in [0.25, 0.3) is 5.91 Å². The fourth-order valence-corrected chi connectivity index (χ4v) is 2.58. The lowest BCUT2D eigenvalue weighted by Gasteiger charge is -2.14. The normalized spacial score (nSPS) is 9.86. The molecule has 0 saturated heterocycles. The number of carbonyl (C=O) groups is 1. The van der Waals surface area contributed by atoms with E-state index in [9.17, 15) is 4.79 Å². The second kappa shape index (κ2) is 9.30. The van der Waals surface area contributed by atoms with Crippen molar-refractivity contribution in [2.45, 2.75) is 13.1 Å². The minimum Gasteiger partial charge on any atom is -1.00 e. The maximum Gasteiger partial charge on any atom is 0.255 e. The van der Waals surface area contributed by atoms with Gasteiger partial charge >= 0.3 is 0 Å². The van der Waals surface area contributed by atoms with Crippen LogP contribution in [0.25, 0.3) is 0 Å². The van der Waals surface area contributed by atoms with Gasteiger partial charge in [-0.2, -0.15) is 0 Å². The number of amides is 1. The number of carbonyl (C=O) groups excluding carboxylic acids is 1. The molecule has 3 N–H and O–H groups in total. The van der Waals surface area contributed by atoms with E-state index in [2.05, 4.69) is 11.4 Å². The summed E-state index contributed by atoms with van der Waals surface area (Å²) >= 11 is 1.70. The number of thiophene rings is 1. The van der Waals surface area contributed by atoms with Crippen molar-refractivity contribution in [3.8, 4) is 11.5 Å². The van der Waals surface area contributed by atoms with Crippen LogP contribution in [0.2, 0.25) is 0 Å². The molecule has 0 spiro atoms. The predicted molar refractivity (Wildman–Crippen MR) is 82.5 cm³/mol. The quantitative estimate of drug-likeness (QED) is 0.640. The molecule has 1 amide bonds. The van der Waals surface area contributed by atoms with Crippen LogP contribution in [-0.2, 0) is 17.9 Å². The van der Waals surface area contributed by atoms with Gasteiger partial charge in [-0.15, -0.1) is 11.3 Å². The molecule has 2 aromatic rings. The van der Waals surface area contributed by atoms with E-state index in [4.69, 9.17) is 15.2 Å². The molecule has 0 aliphatic heterocycles. The number of methoxy groups -OCH3 is 1. The van der Waals surface area contributed by atoms with E-state index in [1.54, 1.807) is 24.5 Å². The molecule has 0 radical (unpaired) electrons. The van der Waals surface area contributed by atoms with Crippen molar-refractivity contribution < 1.29 is 26.7 Å². The van der Waals surface area contributed by atoms with Gasteiger partial charge in [0.05, 0.1) is 7.11 Å². The molecule has 120 valence electrons. The molecule has 2 rings (SSSR count). The third-order valence-electron chi connectivity index (χ3n) is 2.83. The first-order valence-corrected chi connectivity index (χ1v) is 7.38. The number of halogens is 1. The highest BCUT2D eigenvalue weighted by molar-refractivity contribution is 7.09. The van der Waals surface area contributed by atoms with Crippen molar-refractivity contribution in [3.63, 3.8) is 0 Å². The molecule has 0 atom stereocenters. The van der Waals surface area contributed by atoms with Gasteiger partial charge in [-0.05, 0) is 17.5 Å². The molecule has 0 aliphatic carbocycles. The monoisotopic (exact) mass is 341 g/mol. The van der Waals surface area contributed by atoms with Crippen LogP contribution >= 0.6 is 11.3 Å². The SMILES string of the molecule is COc1cccc(CNCc2cccs2)c1OCC(N)=O.[Cl-]. The van der Waals surface area contributed by atoms with Crippen LogP contribution in [0.1, 0.15) is 10.4 Å². The maximum absolute atomic E-state index is 10.9. The van der Waals surface area contributed by atoms with Gasteiger partial charge in [-0.1, -0.05) is 18.2 Å². The number of hydrogen-bond acceptors (Lipinski definition) is 5. The van der Waals surface area contributed by atoms with Crippen LogP contribution in [0.4, 0.5) is 0 Å². The first-order chi connectivity index (χ1) is 10.2. The van der Waals surface area contributed by atoms with Crippen LogP contribution in [-0.4, -0.2) is 19.6 Å².